The molecule has 0 radical (unpaired) electrons. The monoisotopic (exact) mass is 483 g/mol. The second-order valence-corrected chi connectivity index (χ2v) is 11.2. The van der Waals surface area contributed by atoms with Gasteiger partial charge >= 0.3 is 0 Å². The predicted octanol–water partition coefficient (Wildman–Crippen LogP) is 3.76. The molecule has 1 aliphatic heterocycles. The van der Waals surface area contributed by atoms with E-state index in [1.807, 2.05) is 11.8 Å². The number of fused-ring (bicyclic) bond motifs is 1. The third kappa shape index (κ3) is 4.57. The van der Waals surface area contributed by atoms with E-state index in [2.05, 4.69) is 16.8 Å². The molecule has 9 heteroatoms. The summed E-state index contributed by atoms with van der Waals surface area (Å²) in [6, 6.07) is 13.1. The smallest absolute Gasteiger partial charge is 0.255 e. The summed E-state index contributed by atoms with van der Waals surface area (Å²) < 4.78 is 25.6. The van der Waals surface area contributed by atoms with Gasteiger partial charge in [-0.2, -0.15) is 0 Å². The highest BCUT2D eigenvalue weighted by atomic mass is 32.2. The van der Waals surface area contributed by atoms with Crippen LogP contribution < -0.4 is 5.32 Å². The Bertz CT molecular complexity index is 1310. The van der Waals surface area contributed by atoms with Gasteiger partial charge in [0.2, 0.25) is 10.0 Å². The topological polar surface area (TPSA) is 86.8 Å². The minimum Gasteiger partial charge on any atom is -0.334 e. The predicted molar refractivity (Wildman–Crippen MR) is 129 cm³/mol. The van der Waals surface area contributed by atoms with Gasteiger partial charge in [-0.1, -0.05) is 6.07 Å². The maximum atomic E-state index is 13.2. The lowest BCUT2D eigenvalue weighted by molar-refractivity contribution is 0.0735. The molecule has 0 saturated heterocycles. The summed E-state index contributed by atoms with van der Waals surface area (Å²) >= 11 is 1.73. The van der Waals surface area contributed by atoms with Crippen LogP contribution in [0.3, 0.4) is 0 Å². The van der Waals surface area contributed by atoms with Crippen molar-refractivity contribution in [3.63, 3.8) is 0 Å². The van der Waals surface area contributed by atoms with Crippen LogP contribution in [0.25, 0.3) is 0 Å². The van der Waals surface area contributed by atoms with Crippen LogP contribution in [0.1, 0.15) is 36.7 Å². The van der Waals surface area contributed by atoms with Gasteiger partial charge in [-0.25, -0.2) is 12.7 Å². The first-order chi connectivity index (χ1) is 15.7. The van der Waals surface area contributed by atoms with Gasteiger partial charge in [0.15, 0.2) is 0 Å². The van der Waals surface area contributed by atoms with Gasteiger partial charge in [0.1, 0.15) is 0 Å². The normalized spacial score (nSPS) is 13.6. The van der Waals surface area contributed by atoms with E-state index >= 15 is 0 Å². The summed E-state index contributed by atoms with van der Waals surface area (Å²) in [6.07, 6.45) is 0.855. The van der Waals surface area contributed by atoms with Crippen molar-refractivity contribution in [3.8, 4) is 0 Å². The summed E-state index contributed by atoms with van der Waals surface area (Å²) in [5, 5.41) is 4.91. The van der Waals surface area contributed by atoms with Gasteiger partial charge in [-0.05, 0) is 72.3 Å². The molecule has 0 atom stereocenters. The van der Waals surface area contributed by atoms with Gasteiger partial charge < -0.3 is 10.2 Å². The number of carbonyl (C=O) groups is 2. The van der Waals surface area contributed by atoms with E-state index in [1.54, 1.807) is 29.5 Å². The minimum atomic E-state index is -3.57. The van der Waals surface area contributed by atoms with Crippen molar-refractivity contribution in [2.75, 3.05) is 26.0 Å². The standard InChI is InChI=1S/C24H25N3O4S2/c1-16-20(24(29)27-13-11-22-18(15-27)12-14-32-22)5-4-6-21(16)25-23(28)17-7-9-19(10-8-17)33(30,31)26(2)3/h4-10,12,14H,11,13,15H2,1-3H3,(H,25,28). The van der Waals surface area contributed by atoms with Crippen molar-refractivity contribution >= 4 is 38.9 Å². The number of benzene rings is 2. The van der Waals surface area contributed by atoms with Crippen molar-refractivity contribution in [1.29, 1.82) is 0 Å². The third-order valence-corrected chi connectivity index (χ3v) is 8.65. The summed E-state index contributed by atoms with van der Waals surface area (Å²) in [4.78, 5) is 29.3. The number of anilines is 1. The molecule has 4 rings (SSSR count). The first-order valence-corrected chi connectivity index (χ1v) is 12.8. The lowest BCUT2D eigenvalue weighted by Crippen LogP contribution is -2.35. The van der Waals surface area contributed by atoms with Gasteiger partial charge in [0.05, 0.1) is 4.90 Å². The Morgan fingerprint density at radius 3 is 2.48 bits per heavy atom. The minimum absolute atomic E-state index is 0.0568. The molecule has 33 heavy (non-hydrogen) atoms. The quantitative estimate of drug-likeness (QED) is 0.599. The molecule has 2 amide bonds. The Kier molecular flexibility index (Phi) is 6.38. The number of carbonyl (C=O) groups excluding carboxylic acids is 2. The summed E-state index contributed by atoms with van der Waals surface area (Å²) in [6.45, 7) is 3.08. The van der Waals surface area contributed by atoms with Crippen molar-refractivity contribution in [2.24, 2.45) is 0 Å². The molecule has 1 aliphatic rings. The summed E-state index contributed by atoms with van der Waals surface area (Å²) in [5.74, 6) is -0.434. The molecular weight excluding hydrogens is 458 g/mol. The molecule has 7 nitrogen and oxygen atoms in total. The van der Waals surface area contributed by atoms with Crippen LogP contribution in [0, 0.1) is 6.92 Å². The second kappa shape index (κ2) is 9.09. The zero-order chi connectivity index (χ0) is 23.8. The van der Waals surface area contributed by atoms with E-state index in [-0.39, 0.29) is 16.7 Å². The van der Waals surface area contributed by atoms with Crippen molar-refractivity contribution in [1.82, 2.24) is 9.21 Å². The van der Waals surface area contributed by atoms with Crippen molar-refractivity contribution < 1.29 is 18.0 Å². The fourth-order valence-electron chi connectivity index (χ4n) is 3.78. The molecule has 2 aromatic carbocycles. The van der Waals surface area contributed by atoms with E-state index < -0.39 is 10.0 Å². The molecule has 0 aliphatic carbocycles. The van der Waals surface area contributed by atoms with E-state index in [0.717, 1.165) is 10.7 Å². The highest BCUT2D eigenvalue weighted by molar-refractivity contribution is 7.89. The zero-order valence-electron chi connectivity index (χ0n) is 18.7. The Labute approximate surface area is 197 Å². The van der Waals surface area contributed by atoms with Gasteiger partial charge in [0, 0.05) is 48.9 Å². The second-order valence-electron chi connectivity index (χ2n) is 8.09. The van der Waals surface area contributed by atoms with Crippen LogP contribution in [0.5, 0.6) is 0 Å². The number of nitrogens with zero attached hydrogens (tertiary/aromatic N) is 2. The van der Waals surface area contributed by atoms with Crippen molar-refractivity contribution in [3.05, 3.63) is 81.0 Å². The molecule has 0 saturated carbocycles. The van der Waals surface area contributed by atoms with Gasteiger partial charge in [0.25, 0.3) is 11.8 Å². The highest BCUT2D eigenvalue weighted by Crippen LogP contribution is 2.27. The fraction of sp³-hybridized carbons (Fsp3) is 0.250. The van der Waals surface area contributed by atoms with Gasteiger partial charge in [-0.15, -0.1) is 11.3 Å². The van der Waals surface area contributed by atoms with Crippen LogP contribution >= 0.6 is 11.3 Å². The molecule has 1 aromatic heterocycles. The van der Waals surface area contributed by atoms with Crippen LogP contribution in [0.2, 0.25) is 0 Å². The Hall–Kier alpha value is -3.01. The largest absolute Gasteiger partial charge is 0.334 e. The molecule has 0 spiro atoms. The van der Waals surface area contributed by atoms with Crippen LogP contribution in [0.15, 0.2) is 58.8 Å². The highest BCUT2D eigenvalue weighted by Gasteiger charge is 2.24. The number of sulfonamides is 1. The average molecular weight is 484 g/mol. The van der Waals surface area contributed by atoms with Gasteiger partial charge in [-0.3, -0.25) is 9.59 Å². The number of rotatable bonds is 5. The lowest BCUT2D eigenvalue weighted by Gasteiger charge is -2.28. The van der Waals surface area contributed by atoms with Crippen molar-refractivity contribution in [2.45, 2.75) is 24.8 Å². The molecule has 0 unspecified atom stereocenters. The Balaban J connectivity index is 1.51. The van der Waals surface area contributed by atoms with Crippen LogP contribution in [-0.2, 0) is 23.0 Å². The molecular formula is C24H25N3O4S2. The molecule has 0 fully saturated rings. The Morgan fingerprint density at radius 2 is 1.79 bits per heavy atom. The Morgan fingerprint density at radius 1 is 1.06 bits per heavy atom. The average Bonchev–Trinajstić information content (AvgIpc) is 3.28. The number of hydrogen-bond acceptors (Lipinski definition) is 5. The first-order valence-electron chi connectivity index (χ1n) is 10.5. The van der Waals surface area contributed by atoms with E-state index in [1.165, 1.54) is 48.8 Å². The molecule has 3 aromatic rings. The fourth-order valence-corrected chi connectivity index (χ4v) is 5.57. The maximum absolute atomic E-state index is 13.2. The maximum Gasteiger partial charge on any atom is 0.255 e. The summed E-state index contributed by atoms with van der Waals surface area (Å²) in [7, 11) is -0.657. The number of thiophene rings is 1. The first kappa shape index (κ1) is 23.2. The number of nitrogens with one attached hydrogen (secondary N) is 1. The van der Waals surface area contributed by atoms with Crippen LogP contribution in [-0.4, -0.2) is 50.1 Å². The number of hydrogen-bond donors (Lipinski definition) is 1. The number of amides is 2. The van der Waals surface area contributed by atoms with Crippen LogP contribution in [0.4, 0.5) is 5.69 Å². The third-order valence-electron chi connectivity index (χ3n) is 5.80. The lowest BCUT2D eigenvalue weighted by atomic mass is 10.0. The van der Waals surface area contributed by atoms with E-state index in [9.17, 15) is 18.0 Å². The van der Waals surface area contributed by atoms with E-state index in [4.69, 9.17) is 0 Å². The zero-order valence-corrected chi connectivity index (χ0v) is 20.3. The van der Waals surface area contributed by atoms with E-state index in [0.29, 0.717) is 35.5 Å². The summed E-state index contributed by atoms with van der Waals surface area (Å²) in [5.41, 5.74) is 3.31. The SMILES string of the molecule is Cc1c(NC(=O)c2ccc(S(=O)(=O)N(C)C)cc2)cccc1C(=O)N1CCc2sccc2C1. The molecule has 172 valence electrons. The molecule has 2 heterocycles. The molecule has 1 N–H and O–H groups in total. The molecule has 0 bridgehead atoms.